The van der Waals surface area contributed by atoms with Crippen LogP contribution in [-0.2, 0) is 12.0 Å². The Labute approximate surface area is 101 Å². The highest BCUT2D eigenvalue weighted by Crippen LogP contribution is 2.45. The van der Waals surface area contributed by atoms with E-state index in [0.29, 0.717) is 0 Å². The fourth-order valence-electron chi connectivity index (χ4n) is 2.18. The maximum atomic E-state index is 9.14. The van der Waals surface area contributed by atoms with Gasteiger partial charge in [0.1, 0.15) is 0 Å². The number of hydrogen-bond donors (Lipinski definition) is 1. The SMILES string of the molecule is C#CC1CC(C)(C)c2ccc(CO)cc2S1. The van der Waals surface area contributed by atoms with E-state index in [2.05, 4.69) is 31.9 Å². The highest BCUT2D eigenvalue weighted by molar-refractivity contribution is 8.00. The van der Waals surface area contributed by atoms with E-state index >= 15 is 0 Å². The van der Waals surface area contributed by atoms with Gasteiger partial charge < -0.3 is 5.11 Å². The number of terminal acetylenes is 1. The van der Waals surface area contributed by atoms with E-state index < -0.39 is 0 Å². The first-order chi connectivity index (χ1) is 7.56. The van der Waals surface area contributed by atoms with Crippen molar-refractivity contribution in [2.45, 2.75) is 42.4 Å². The predicted molar refractivity (Wildman–Crippen MR) is 68.5 cm³/mol. The van der Waals surface area contributed by atoms with Gasteiger partial charge in [0.05, 0.1) is 11.9 Å². The molecule has 1 N–H and O–H groups in total. The van der Waals surface area contributed by atoms with Gasteiger partial charge in [0.25, 0.3) is 0 Å². The Morgan fingerprint density at radius 3 is 2.94 bits per heavy atom. The maximum Gasteiger partial charge on any atom is 0.0709 e. The molecule has 0 radical (unpaired) electrons. The van der Waals surface area contributed by atoms with E-state index in [0.717, 1.165) is 12.0 Å². The van der Waals surface area contributed by atoms with Crippen molar-refractivity contribution in [1.29, 1.82) is 0 Å². The second-order valence-electron chi connectivity index (χ2n) is 4.85. The minimum atomic E-state index is 0.0923. The number of benzene rings is 1. The zero-order chi connectivity index (χ0) is 11.8. The summed E-state index contributed by atoms with van der Waals surface area (Å²) in [4.78, 5) is 1.23. The molecule has 0 bridgehead atoms. The second kappa shape index (κ2) is 4.16. The van der Waals surface area contributed by atoms with E-state index in [1.807, 2.05) is 6.07 Å². The molecule has 1 unspecified atom stereocenters. The Kier molecular flexibility index (Phi) is 3.01. The van der Waals surface area contributed by atoms with E-state index in [1.165, 1.54) is 10.5 Å². The van der Waals surface area contributed by atoms with Crippen LogP contribution in [0.25, 0.3) is 0 Å². The van der Waals surface area contributed by atoms with Crippen molar-refractivity contribution in [3.8, 4) is 12.3 Å². The summed E-state index contributed by atoms with van der Waals surface area (Å²) < 4.78 is 0. The average Bonchev–Trinajstić information content (AvgIpc) is 2.27. The van der Waals surface area contributed by atoms with Gasteiger partial charge in [-0.3, -0.25) is 0 Å². The standard InChI is InChI=1S/C14H16OS/c1-4-11-8-14(2,3)12-6-5-10(9-15)7-13(12)16-11/h1,5-7,11,15H,8-9H2,2-3H3. The third-order valence-electron chi connectivity index (χ3n) is 3.11. The number of hydrogen-bond acceptors (Lipinski definition) is 2. The fourth-order valence-corrected chi connectivity index (χ4v) is 3.75. The predicted octanol–water partition coefficient (Wildman–Crippen LogP) is 2.95. The Morgan fingerprint density at radius 1 is 1.56 bits per heavy atom. The molecule has 1 aromatic carbocycles. The molecule has 0 aromatic heterocycles. The van der Waals surface area contributed by atoms with Crippen LogP contribution in [0.5, 0.6) is 0 Å². The van der Waals surface area contributed by atoms with Gasteiger partial charge >= 0.3 is 0 Å². The van der Waals surface area contributed by atoms with Gasteiger partial charge in [-0.1, -0.05) is 31.9 Å². The molecule has 0 saturated carbocycles. The van der Waals surface area contributed by atoms with Gasteiger partial charge in [0.15, 0.2) is 0 Å². The van der Waals surface area contributed by atoms with Crippen LogP contribution in [0.15, 0.2) is 23.1 Å². The van der Waals surface area contributed by atoms with Crippen LogP contribution in [0.3, 0.4) is 0 Å². The van der Waals surface area contributed by atoms with E-state index in [1.54, 1.807) is 11.8 Å². The summed E-state index contributed by atoms with van der Waals surface area (Å²) in [6.07, 6.45) is 6.55. The Bertz CT molecular complexity index is 443. The summed E-state index contributed by atoms with van der Waals surface area (Å²) in [5.74, 6) is 2.84. The zero-order valence-corrected chi connectivity index (χ0v) is 10.5. The quantitative estimate of drug-likeness (QED) is 0.751. The third-order valence-corrected chi connectivity index (χ3v) is 4.29. The fraction of sp³-hybridized carbons (Fsp3) is 0.429. The van der Waals surface area contributed by atoms with Crippen LogP contribution in [0.4, 0.5) is 0 Å². The topological polar surface area (TPSA) is 20.2 Å². The molecular weight excluding hydrogens is 216 g/mol. The third kappa shape index (κ3) is 1.98. The van der Waals surface area contributed by atoms with Crippen LogP contribution >= 0.6 is 11.8 Å². The number of aliphatic hydroxyl groups is 1. The molecule has 16 heavy (non-hydrogen) atoms. The van der Waals surface area contributed by atoms with Crippen LogP contribution < -0.4 is 0 Å². The molecule has 0 spiro atoms. The summed E-state index contributed by atoms with van der Waals surface area (Å²) in [7, 11) is 0. The van der Waals surface area contributed by atoms with Gasteiger partial charge in [0, 0.05) is 4.90 Å². The van der Waals surface area contributed by atoms with Crippen molar-refractivity contribution in [2.24, 2.45) is 0 Å². The Hall–Kier alpha value is -0.910. The number of fused-ring (bicyclic) bond motifs is 1. The largest absolute Gasteiger partial charge is 0.392 e. The van der Waals surface area contributed by atoms with Crippen LogP contribution in [0.2, 0.25) is 0 Å². The molecule has 1 nitrogen and oxygen atoms in total. The van der Waals surface area contributed by atoms with Crippen molar-refractivity contribution < 1.29 is 5.11 Å². The van der Waals surface area contributed by atoms with Gasteiger partial charge in [-0.05, 0) is 29.0 Å². The molecule has 1 atom stereocenters. The molecule has 2 heteroatoms. The lowest BCUT2D eigenvalue weighted by Gasteiger charge is -2.35. The van der Waals surface area contributed by atoms with Crippen molar-refractivity contribution in [3.63, 3.8) is 0 Å². The van der Waals surface area contributed by atoms with E-state index in [4.69, 9.17) is 11.5 Å². The number of rotatable bonds is 1. The first-order valence-corrected chi connectivity index (χ1v) is 6.32. The van der Waals surface area contributed by atoms with Crippen LogP contribution in [0.1, 0.15) is 31.4 Å². The lowest BCUT2D eigenvalue weighted by molar-refractivity contribution is 0.281. The minimum Gasteiger partial charge on any atom is -0.392 e. The summed E-state index contributed by atoms with van der Waals surface area (Å²) >= 11 is 1.74. The maximum absolute atomic E-state index is 9.14. The summed E-state index contributed by atoms with van der Waals surface area (Å²) in [6, 6.07) is 6.18. The summed E-state index contributed by atoms with van der Waals surface area (Å²) in [6.45, 7) is 4.55. The molecule has 2 rings (SSSR count). The smallest absolute Gasteiger partial charge is 0.0709 e. The molecule has 0 saturated heterocycles. The molecule has 1 heterocycles. The van der Waals surface area contributed by atoms with Gasteiger partial charge in [-0.25, -0.2) is 0 Å². The van der Waals surface area contributed by atoms with Crippen LogP contribution in [0, 0.1) is 12.3 Å². The average molecular weight is 232 g/mol. The second-order valence-corrected chi connectivity index (χ2v) is 6.09. The highest BCUT2D eigenvalue weighted by atomic mass is 32.2. The van der Waals surface area contributed by atoms with Crippen molar-refractivity contribution >= 4 is 11.8 Å². The molecule has 1 aliphatic heterocycles. The van der Waals surface area contributed by atoms with Crippen LogP contribution in [-0.4, -0.2) is 10.4 Å². The number of aliphatic hydroxyl groups excluding tert-OH is 1. The van der Waals surface area contributed by atoms with Gasteiger partial charge in [0.2, 0.25) is 0 Å². The summed E-state index contributed by atoms with van der Waals surface area (Å²) in [5, 5.41) is 9.39. The summed E-state index contributed by atoms with van der Waals surface area (Å²) in [5.41, 5.74) is 2.44. The lowest BCUT2D eigenvalue weighted by Crippen LogP contribution is -2.27. The van der Waals surface area contributed by atoms with Crippen molar-refractivity contribution in [2.75, 3.05) is 0 Å². The first-order valence-electron chi connectivity index (χ1n) is 5.44. The number of thioether (sulfide) groups is 1. The van der Waals surface area contributed by atoms with Crippen molar-refractivity contribution in [1.82, 2.24) is 0 Å². The monoisotopic (exact) mass is 232 g/mol. The zero-order valence-electron chi connectivity index (χ0n) is 9.66. The lowest BCUT2D eigenvalue weighted by atomic mass is 9.79. The molecule has 0 aliphatic carbocycles. The molecule has 0 fully saturated rings. The van der Waals surface area contributed by atoms with Crippen molar-refractivity contribution in [3.05, 3.63) is 29.3 Å². The molecule has 84 valence electrons. The molecule has 1 aliphatic rings. The van der Waals surface area contributed by atoms with E-state index in [9.17, 15) is 0 Å². The minimum absolute atomic E-state index is 0.0923. The molecule has 0 amide bonds. The Balaban J connectivity index is 2.47. The highest BCUT2D eigenvalue weighted by Gasteiger charge is 2.32. The Morgan fingerprint density at radius 2 is 2.31 bits per heavy atom. The molecular formula is C14H16OS. The van der Waals surface area contributed by atoms with Gasteiger partial charge in [-0.2, -0.15) is 0 Å². The van der Waals surface area contributed by atoms with Gasteiger partial charge in [-0.15, -0.1) is 18.2 Å². The molecule has 1 aromatic rings. The van der Waals surface area contributed by atoms with E-state index in [-0.39, 0.29) is 17.3 Å². The first kappa shape index (κ1) is 11.6. The normalized spacial score (nSPS) is 22.2.